The molecule has 0 aliphatic carbocycles. The van der Waals surface area contributed by atoms with Crippen LogP contribution in [0.4, 0.5) is 0 Å². The van der Waals surface area contributed by atoms with E-state index in [0.29, 0.717) is 12.0 Å². The molecular formula is C21H32N4O7. The van der Waals surface area contributed by atoms with Gasteiger partial charge in [-0.1, -0.05) is 50.6 Å². The van der Waals surface area contributed by atoms with E-state index in [1.807, 2.05) is 6.92 Å². The third-order valence-corrected chi connectivity index (χ3v) is 5.09. The van der Waals surface area contributed by atoms with Crippen LogP contribution in [0.15, 0.2) is 30.3 Å². The second kappa shape index (κ2) is 13.4. The molecule has 178 valence electrons. The minimum atomic E-state index is -1.49. The first-order chi connectivity index (χ1) is 15.1. The van der Waals surface area contributed by atoms with Crippen LogP contribution in [-0.2, 0) is 25.6 Å². The first kappa shape index (κ1) is 27.0. The number of carbonyl (C=O) groups excluding carboxylic acids is 3. The largest absolute Gasteiger partial charge is 0.480 e. The average molecular weight is 453 g/mol. The van der Waals surface area contributed by atoms with Gasteiger partial charge >= 0.3 is 5.97 Å². The molecule has 1 aromatic rings. The topological polar surface area (TPSA) is 191 Å². The molecule has 8 N–H and O–H groups in total. The Morgan fingerprint density at radius 2 is 1.34 bits per heavy atom. The van der Waals surface area contributed by atoms with Crippen LogP contribution in [-0.4, -0.2) is 76.4 Å². The molecule has 11 heteroatoms. The van der Waals surface area contributed by atoms with Crippen molar-refractivity contribution in [2.45, 2.75) is 50.9 Å². The molecular weight excluding hydrogens is 420 g/mol. The molecule has 3 amide bonds. The number of aliphatic hydroxyl groups excluding tert-OH is 2. The zero-order valence-corrected chi connectivity index (χ0v) is 18.2. The summed E-state index contributed by atoms with van der Waals surface area (Å²) in [5.74, 6) is -3.95. The summed E-state index contributed by atoms with van der Waals surface area (Å²) < 4.78 is 0. The number of aliphatic carboxylic acids is 1. The van der Waals surface area contributed by atoms with E-state index in [9.17, 15) is 34.5 Å². The minimum absolute atomic E-state index is 0.00314. The van der Waals surface area contributed by atoms with Gasteiger partial charge in [-0.25, -0.2) is 4.79 Å². The predicted octanol–water partition coefficient (Wildman–Crippen LogP) is -1.87. The highest BCUT2D eigenvalue weighted by molar-refractivity contribution is 5.94. The number of amides is 3. The fourth-order valence-electron chi connectivity index (χ4n) is 2.76. The van der Waals surface area contributed by atoms with Gasteiger partial charge in [-0.3, -0.25) is 14.4 Å². The number of hydrogen-bond acceptors (Lipinski definition) is 7. The molecule has 0 saturated carbocycles. The number of carboxylic acids is 1. The van der Waals surface area contributed by atoms with Gasteiger partial charge < -0.3 is 37.0 Å². The maximum Gasteiger partial charge on any atom is 0.326 e. The standard InChI is InChI=1S/C21H32N4O7/c1-3-12(2)17(22)20(30)25-16(11-27)19(29)24-15(10-26)18(28)23-14(21(31)32)9-13-7-5-4-6-8-13/h4-8,12,14-17,26-27H,3,9-11,22H2,1-2H3,(H,23,28)(H,24,29)(H,25,30)(H,31,32). The zero-order valence-electron chi connectivity index (χ0n) is 18.2. The van der Waals surface area contributed by atoms with E-state index in [-0.39, 0.29) is 12.3 Å². The monoisotopic (exact) mass is 452 g/mol. The molecule has 32 heavy (non-hydrogen) atoms. The van der Waals surface area contributed by atoms with Crippen molar-refractivity contribution in [3.63, 3.8) is 0 Å². The highest BCUT2D eigenvalue weighted by atomic mass is 16.4. The summed E-state index contributed by atoms with van der Waals surface area (Å²) in [4.78, 5) is 48.6. The summed E-state index contributed by atoms with van der Waals surface area (Å²) in [5, 5.41) is 35.2. The summed E-state index contributed by atoms with van der Waals surface area (Å²) in [5.41, 5.74) is 6.48. The first-order valence-electron chi connectivity index (χ1n) is 10.3. The lowest BCUT2D eigenvalue weighted by Crippen LogP contribution is -2.59. The fraction of sp³-hybridized carbons (Fsp3) is 0.524. The number of nitrogens with one attached hydrogen (secondary N) is 3. The van der Waals surface area contributed by atoms with Crippen molar-refractivity contribution in [1.29, 1.82) is 0 Å². The van der Waals surface area contributed by atoms with Crippen LogP contribution in [0, 0.1) is 5.92 Å². The van der Waals surface area contributed by atoms with E-state index in [1.165, 1.54) is 0 Å². The van der Waals surface area contributed by atoms with Crippen LogP contribution in [0.25, 0.3) is 0 Å². The summed E-state index contributed by atoms with van der Waals surface area (Å²) in [7, 11) is 0. The number of rotatable bonds is 13. The predicted molar refractivity (Wildman–Crippen MR) is 115 cm³/mol. The molecule has 5 atom stereocenters. The lowest BCUT2D eigenvalue weighted by atomic mass is 9.99. The van der Waals surface area contributed by atoms with E-state index in [4.69, 9.17) is 5.73 Å². The molecule has 0 fully saturated rings. The number of carbonyl (C=O) groups is 4. The van der Waals surface area contributed by atoms with Gasteiger partial charge in [0.25, 0.3) is 0 Å². The van der Waals surface area contributed by atoms with Gasteiger partial charge in [-0.15, -0.1) is 0 Å². The Hall–Kier alpha value is -3.02. The average Bonchev–Trinajstić information content (AvgIpc) is 2.79. The van der Waals surface area contributed by atoms with Crippen LogP contribution in [0.2, 0.25) is 0 Å². The summed E-state index contributed by atoms with van der Waals surface area (Å²) in [6.45, 7) is 2.02. The number of benzene rings is 1. The van der Waals surface area contributed by atoms with Crippen molar-refractivity contribution >= 4 is 23.7 Å². The van der Waals surface area contributed by atoms with Crippen LogP contribution >= 0.6 is 0 Å². The van der Waals surface area contributed by atoms with Gasteiger partial charge in [-0.2, -0.15) is 0 Å². The third-order valence-electron chi connectivity index (χ3n) is 5.09. The van der Waals surface area contributed by atoms with E-state index in [1.54, 1.807) is 37.3 Å². The Kier molecular flexibility index (Phi) is 11.3. The van der Waals surface area contributed by atoms with Gasteiger partial charge in [-0.05, 0) is 11.5 Å². The molecule has 5 unspecified atom stereocenters. The van der Waals surface area contributed by atoms with Crippen LogP contribution in [0.3, 0.4) is 0 Å². The Balaban J connectivity index is 2.77. The molecule has 0 heterocycles. The quantitative estimate of drug-likeness (QED) is 0.181. The van der Waals surface area contributed by atoms with Crippen molar-refractivity contribution < 1.29 is 34.5 Å². The van der Waals surface area contributed by atoms with Gasteiger partial charge in [0, 0.05) is 6.42 Å². The van der Waals surface area contributed by atoms with E-state index in [2.05, 4.69) is 16.0 Å². The van der Waals surface area contributed by atoms with E-state index < -0.39 is 61.1 Å². The van der Waals surface area contributed by atoms with Crippen LogP contribution in [0.5, 0.6) is 0 Å². The van der Waals surface area contributed by atoms with Gasteiger partial charge in [0.1, 0.15) is 18.1 Å². The van der Waals surface area contributed by atoms with Gasteiger partial charge in [0.2, 0.25) is 17.7 Å². The number of nitrogens with two attached hydrogens (primary N) is 1. The molecule has 0 aromatic heterocycles. The van der Waals surface area contributed by atoms with Crippen LogP contribution < -0.4 is 21.7 Å². The fourth-order valence-corrected chi connectivity index (χ4v) is 2.76. The van der Waals surface area contributed by atoms with Crippen molar-refractivity contribution in [2.24, 2.45) is 11.7 Å². The molecule has 1 rings (SSSR count). The first-order valence-corrected chi connectivity index (χ1v) is 10.3. The molecule has 0 spiro atoms. The second-order valence-corrected chi connectivity index (χ2v) is 7.49. The molecule has 0 aliphatic rings. The molecule has 0 saturated heterocycles. The Labute approximate surface area is 186 Å². The summed E-state index contributed by atoms with van der Waals surface area (Å²) in [6.07, 6.45) is 0.627. The van der Waals surface area contributed by atoms with Crippen LogP contribution in [0.1, 0.15) is 25.8 Å². The third kappa shape index (κ3) is 8.25. The second-order valence-electron chi connectivity index (χ2n) is 7.49. The van der Waals surface area contributed by atoms with Gasteiger partial charge in [0.05, 0.1) is 19.3 Å². The lowest BCUT2D eigenvalue weighted by molar-refractivity contribution is -0.142. The minimum Gasteiger partial charge on any atom is -0.480 e. The SMILES string of the molecule is CCC(C)C(N)C(=O)NC(CO)C(=O)NC(CO)C(=O)NC(Cc1ccccc1)C(=O)O. The Morgan fingerprint density at radius 3 is 1.78 bits per heavy atom. The summed E-state index contributed by atoms with van der Waals surface area (Å²) >= 11 is 0. The Bertz CT molecular complexity index is 775. The number of aliphatic hydroxyl groups is 2. The van der Waals surface area contributed by atoms with Crippen molar-refractivity contribution in [1.82, 2.24) is 16.0 Å². The molecule has 1 aromatic carbocycles. The maximum atomic E-state index is 12.5. The molecule has 0 aliphatic heterocycles. The number of hydrogen-bond donors (Lipinski definition) is 7. The number of carboxylic acid groups (broad SMARTS) is 1. The van der Waals surface area contributed by atoms with Crippen molar-refractivity contribution in [3.05, 3.63) is 35.9 Å². The molecule has 0 bridgehead atoms. The molecule has 0 radical (unpaired) electrons. The maximum absolute atomic E-state index is 12.5. The normalized spacial score (nSPS) is 15.5. The van der Waals surface area contributed by atoms with E-state index in [0.717, 1.165) is 0 Å². The summed E-state index contributed by atoms with van der Waals surface area (Å²) in [6, 6.07) is 3.53. The lowest BCUT2D eigenvalue weighted by Gasteiger charge is -2.24. The highest BCUT2D eigenvalue weighted by Gasteiger charge is 2.30. The molecule has 11 nitrogen and oxygen atoms in total. The van der Waals surface area contributed by atoms with Gasteiger partial charge in [0.15, 0.2) is 0 Å². The smallest absolute Gasteiger partial charge is 0.326 e. The Morgan fingerprint density at radius 1 is 0.875 bits per heavy atom. The zero-order chi connectivity index (χ0) is 24.3. The van der Waals surface area contributed by atoms with Crippen molar-refractivity contribution in [3.8, 4) is 0 Å². The highest BCUT2D eigenvalue weighted by Crippen LogP contribution is 2.06. The van der Waals surface area contributed by atoms with Crippen molar-refractivity contribution in [2.75, 3.05) is 13.2 Å². The van der Waals surface area contributed by atoms with E-state index >= 15 is 0 Å².